The van der Waals surface area contributed by atoms with Crippen LogP contribution in [0.3, 0.4) is 0 Å². The number of carbonyl (C=O) groups is 1. The summed E-state index contributed by atoms with van der Waals surface area (Å²) in [5.74, 6) is -0.274. The van der Waals surface area contributed by atoms with Crippen molar-refractivity contribution in [2.45, 2.75) is 19.6 Å². The molecule has 1 aromatic heterocycles. The fourth-order valence-electron chi connectivity index (χ4n) is 2.92. The van der Waals surface area contributed by atoms with Gasteiger partial charge in [-0.3, -0.25) is 14.5 Å². The zero-order valence-electron chi connectivity index (χ0n) is 14.6. The van der Waals surface area contributed by atoms with Crippen LogP contribution in [0.4, 0.5) is 5.69 Å². The summed E-state index contributed by atoms with van der Waals surface area (Å²) in [5.41, 5.74) is 2.05. The van der Waals surface area contributed by atoms with E-state index in [4.69, 9.17) is 4.74 Å². The summed E-state index contributed by atoms with van der Waals surface area (Å²) < 4.78 is 7.08. The van der Waals surface area contributed by atoms with Crippen LogP contribution in [-0.4, -0.2) is 41.2 Å². The van der Waals surface area contributed by atoms with Crippen molar-refractivity contribution >= 4 is 11.6 Å². The lowest BCUT2D eigenvalue weighted by Gasteiger charge is -2.32. The number of nitrogens with one attached hydrogen (secondary N) is 1. The molecule has 25 heavy (non-hydrogen) atoms. The normalized spacial score (nSPS) is 18.1. The van der Waals surface area contributed by atoms with Crippen molar-refractivity contribution in [3.63, 3.8) is 0 Å². The van der Waals surface area contributed by atoms with Crippen molar-refractivity contribution in [2.24, 2.45) is 7.05 Å². The van der Waals surface area contributed by atoms with Crippen LogP contribution in [0.15, 0.2) is 47.4 Å². The van der Waals surface area contributed by atoms with E-state index in [9.17, 15) is 9.59 Å². The SMILES string of the molecule is Cc1ccn(C)c(=O)c1NC(=O)[C@@H]1CN(Cc2ccccc2)CCO1. The van der Waals surface area contributed by atoms with Gasteiger partial charge < -0.3 is 14.6 Å². The molecule has 0 spiro atoms. The van der Waals surface area contributed by atoms with Crippen LogP contribution >= 0.6 is 0 Å². The number of pyridine rings is 1. The van der Waals surface area contributed by atoms with Crippen molar-refractivity contribution in [3.05, 3.63) is 64.1 Å². The molecular weight excluding hydrogens is 318 g/mol. The minimum absolute atomic E-state index is 0.217. The molecule has 6 heteroatoms. The van der Waals surface area contributed by atoms with Crippen LogP contribution in [0.1, 0.15) is 11.1 Å². The number of aryl methyl sites for hydroxylation is 2. The smallest absolute Gasteiger partial charge is 0.274 e. The van der Waals surface area contributed by atoms with Gasteiger partial charge in [-0.05, 0) is 24.1 Å². The van der Waals surface area contributed by atoms with E-state index in [1.54, 1.807) is 26.2 Å². The summed E-state index contributed by atoms with van der Waals surface area (Å²) in [5, 5.41) is 2.75. The van der Waals surface area contributed by atoms with Crippen LogP contribution in [-0.2, 0) is 23.1 Å². The third kappa shape index (κ3) is 4.15. The van der Waals surface area contributed by atoms with E-state index in [0.29, 0.717) is 18.8 Å². The van der Waals surface area contributed by atoms with E-state index in [1.807, 2.05) is 18.2 Å². The van der Waals surface area contributed by atoms with E-state index >= 15 is 0 Å². The molecule has 1 fully saturated rings. The number of benzene rings is 1. The highest BCUT2D eigenvalue weighted by Crippen LogP contribution is 2.13. The fourth-order valence-corrected chi connectivity index (χ4v) is 2.92. The molecule has 1 aliphatic heterocycles. The predicted molar refractivity (Wildman–Crippen MR) is 96.5 cm³/mol. The Hall–Kier alpha value is -2.44. The molecule has 6 nitrogen and oxygen atoms in total. The minimum Gasteiger partial charge on any atom is -0.366 e. The van der Waals surface area contributed by atoms with Crippen LogP contribution in [0.5, 0.6) is 0 Å². The molecule has 0 saturated carbocycles. The molecule has 1 saturated heterocycles. The molecule has 1 aromatic carbocycles. The molecular formula is C19H23N3O3. The standard InChI is InChI=1S/C19H23N3O3/c1-14-8-9-21(2)19(24)17(14)20-18(23)16-13-22(10-11-25-16)12-15-6-4-3-5-7-15/h3-9,16H,10-13H2,1-2H3,(H,20,23)/t16-/m0/s1. The van der Waals surface area contributed by atoms with E-state index in [-0.39, 0.29) is 11.5 Å². The Balaban J connectivity index is 1.66. The lowest BCUT2D eigenvalue weighted by molar-refractivity contribution is -0.133. The first-order valence-electron chi connectivity index (χ1n) is 8.39. The maximum atomic E-state index is 12.6. The molecule has 1 amide bonds. The molecule has 1 N–H and O–H groups in total. The Morgan fingerprint density at radius 3 is 2.80 bits per heavy atom. The lowest BCUT2D eigenvalue weighted by Crippen LogP contribution is -2.48. The van der Waals surface area contributed by atoms with Gasteiger partial charge >= 0.3 is 0 Å². The van der Waals surface area contributed by atoms with E-state index in [1.165, 1.54) is 10.1 Å². The highest BCUT2D eigenvalue weighted by Gasteiger charge is 2.27. The molecule has 2 aromatic rings. The zero-order valence-corrected chi connectivity index (χ0v) is 14.6. The Labute approximate surface area is 147 Å². The average Bonchev–Trinajstić information content (AvgIpc) is 2.63. The number of carbonyl (C=O) groups excluding carboxylic acids is 1. The number of nitrogens with zero attached hydrogens (tertiary/aromatic N) is 2. The number of aromatic nitrogens is 1. The zero-order chi connectivity index (χ0) is 17.8. The van der Waals surface area contributed by atoms with Gasteiger partial charge in [0.05, 0.1) is 6.61 Å². The average molecular weight is 341 g/mol. The maximum absolute atomic E-state index is 12.6. The van der Waals surface area contributed by atoms with Crippen LogP contribution in [0, 0.1) is 6.92 Å². The van der Waals surface area contributed by atoms with Crippen molar-refractivity contribution < 1.29 is 9.53 Å². The van der Waals surface area contributed by atoms with Gasteiger partial charge in [-0.25, -0.2) is 0 Å². The maximum Gasteiger partial charge on any atom is 0.274 e. The number of anilines is 1. The van der Waals surface area contributed by atoms with Gasteiger partial charge in [-0.2, -0.15) is 0 Å². The van der Waals surface area contributed by atoms with E-state index < -0.39 is 6.10 Å². The third-order valence-corrected chi connectivity index (χ3v) is 4.42. The van der Waals surface area contributed by atoms with Gasteiger partial charge in [0.1, 0.15) is 11.8 Å². The summed E-state index contributed by atoms with van der Waals surface area (Å²) in [6.07, 6.45) is 1.10. The van der Waals surface area contributed by atoms with Gasteiger partial charge in [0.25, 0.3) is 11.5 Å². The lowest BCUT2D eigenvalue weighted by atomic mass is 10.1. The quantitative estimate of drug-likeness (QED) is 0.916. The molecule has 0 aliphatic carbocycles. The van der Waals surface area contributed by atoms with Crippen LogP contribution in [0.25, 0.3) is 0 Å². The first-order valence-corrected chi connectivity index (χ1v) is 8.39. The number of hydrogen-bond acceptors (Lipinski definition) is 4. The van der Waals surface area contributed by atoms with Gasteiger partial charge in [-0.15, -0.1) is 0 Å². The Bertz CT molecular complexity index is 801. The Morgan fingerprint density at radius 2 is 2.04 bits per heavy atom. The molecule has 0 radical (unpaired) electrons. The fraction of sp³-hybridized carbons (Fsp3) is 0.368. The number of rotatable bonds is 4. The predicted octanol–water partition coefficient (Wildman–Crippen LogP) is 1.53. The summed E-state index contributed by atoms with van der Waals surface area (Å²) in [6.45, 7) is 4.37. The highest BCUT2D eigenvalue weighted by molar-refractivity contribution is 5.94. The van der Waals surface area contributed by atoms with E-state index in [2.05, 4.69) is 22.3 Å². The molecule has 0 unspecified atom stereocenters. The summed E-state index contributed by atoms with van der Waals surface area (Å²) in [6, 6.07) is 12.0. The second kappa shape index (κ2) is 7.63. The Kier molecular flexibility index (Phi) is 5.31. The summed E-state index contributed by atoms with van der Waals surface area (Å²) >= 11 is 0. The number of ether oxygens (including phenoxy) is 1. The van der Waals surface area contributed by atoms with Crippen molar-refractivity contribution in [1.29, 1.82) is 0 Å². The molecule has 0 bridgehead atoms. The summed E-state index contributed by atoms with van der Waals surface area (Å²) in [7, 11) is 1.66. The largest absolute Gasteiger partial charge is 0.366 e. The molecule has 2 heterocycles. The first kappa shape index (κ1) is 17.4. The molecule has 1 atom stereocenters. The van der Waals surface area contributed by atoms with E-state index in [0.717, 1.165) is 18.7 Å². The third-order valence-electron chi connectivity index (χ3n) is 4.42. The van der Waals surface area contributed by atoms with Crippen LogP contribution < -0.4 is 10.9 Å². The van der Waals surface area contributed by atoms with Gasteiger partial charge in [0.15, 0.2) is 0 Å². The highest BCUT2D eigenvalue weighted by atomic mass is 16.5. The number of morpholine rings is 1. The Morgan fingerprint density at radius 1 is 1.28 bits per heavy atom. The second-order valence-electron chi connectivity index (χ2n) is 6.36. The monoisotopic (exact) mass is 341 g/mol. The van der Waals surface area contributed by atoms with Gasteiger partial charge in [0, 0.05) is 32.9 Å². The minimum atomic E-state index is -0.582. The number of hydrogen-bond donors (Lipinski definition) is 1. The molecule has 3 rings (SSSR count). The van der Waals surface area contributed by atoms with Crippen molar-refractivity contribution in [3.8, 4) is 0 Å². The number of amides is 1. The molecule has 132 valence electrons. The topological polar surface area (TPSA) is 63.6 Å². The van der Waals surface area contributed by atoms with Gasteiger partial charge in [0.2, 0.25) is 0 Å². The first-order chi connectivity index (χ1) is 12.0. The second-order valence-corrected chi connectivity index (χ2v) is 6.36. The molecule has 1 aliphatic rings. The van der Waals surface area contributed by atoms with Crippen molar-refractivity contribution in [1.82, 2.24) is 9.47 Å². The van der Waals surface area contributed by atoms with Gasteiger partial charge in [-0.1, -0.05) is 30.3 Å². The van der Waals surface area contributed by atoms with Crippen molar-refractivity contribution in [2.75, 3.05) is 25.0 Å². The van der Waals surface area contributed by atoms with Crippen LogP contribution in [0.2, 0.25) is 0 Å². The summed E-state index contributed by atoms with van der Waals surface area (Å²) in [4.78, 5) is 27.0.